The van der Waals surface area contributed by atoms with Crippen LogP contribution >= 0.6 is 0 Å². The molecule has 0 aliphatic carbocycles. The smallest absolute Gasteiger partial charge is 0.251 e. The van der Waals surface area contributed by atoms with Crippen LogP contribution in [0.2, 0.25) is 0 Å². The van der Waals surface area contributed by atoms with Crippen molar-refractivity contribution < 1.29 is 9.90 Å². The van der Waals surface area contributed by atoms with Crippen LogP contribution in [0.15, 0.2) is 54.7 Å². The molecule has 1 heterocycles. The maximum absolute atomic E-state index is 12.7. The fourth-order valence-corrected chi connectivity index (χ4v) is 3.14. The first kappa shape index (κ1) is 20.2. The Bertz CT molecular complexity index is 1070. The molecule has 1 amide bonds. The van der Waals surface area contributed by atoms with Gasteiger partial charge in [-0.3, -0.25) is 9.78 Å². The van der Waals surface area contributed by atoms with Crippen molar-refractivity contribution in [3.05, 3.63) is 88.2 Å². The summed E-state index contributed by atoms with van der Waals surface area (Å²) in [6.07, 6.45) is 2.49. The van der Waals surface area contributed by atoms with E-state index in [-0.39, 0.29) is 12.5 Å². The van der Waals surface area contributed by atoms with Crippen molar-refractivity contribution in [2.45, 2.75) is 26.9 Å². The van der Waals surface area contributed by atoms with Crippen LogP contribution in [-0.4, -0.2) is 22.5 Å². The van der Waals surface area contributed by atoms with Gasteiger partial charge in [-0.15, -0.1) is 0 Å². The molecule has 146 valence electrons. The molecule has 0 aliphatic heterocycles. The highest BCUT2D eigenvalue weighted by atomic mass is 16.3. The number of aryl methyl sites for hydroxylation is 2. The second kappa shape index (κ2) is 9.13. The molecular weight excluding hydrogens is 362 g/mol. The number of aliphatic hydroxyl groups is 1. The number of nitriles is 1. The summed E-state index contributed by atoms with van der Waals surface area (Å²) >= 11 is 0. The van der Waals surface area contributed by atoms with Crippen LogP contribution in [0.3, 0.4) is 0 Å². The van der Waals surface area contributed by atoms with Gasteiger partial charge in [0.15, 0.2) is 0 Å². The number of carbonyl (C=O) groups excluding carboxylic acids is 1. The average molecular weight is 385 g/mol. The number of aliphatic hydroxyl groups excluding tert-OH is 1. The van der Waals surface area contributed by atoms with Gasteiger partial charge in [0.05, 0.1) is 18.2 Å². The van der Waals surface area contributed by atoms with Crippen LogP contribution in [0.4, 0.5) is 0 Å². The summed E-state index contributed by atoms with van der Waals surface area (Å²) < 4.78 is 0. The third kappa shape index (κ3) is 5.07. The van der Waals surface area contributed by atoms with E-state index >= 15 is 0 Å². The van der Waals surface area contributed by atoms with Crippen molar-refractivity contribution in [1.29, 1.82) is 5.26 Å². The molecule has 5 nitrogen and oxygen atoms in total. The van der Waals surface area contributed by atoms with Crippen molar-refractivity contribution in [1.82, 2.24) is 10.3 Å². The number of hydrogen-bond donors (Lipinski definition) is 2. The van der Waals surface area contributed by atoms with Gasteiger partial charge in [0.2, 0.25) is 0 Å². The van der Waals surface area contributed by atoms with Crippen LogP contribution in [0, 0.1) is 25.2 Å². The highest BCUT2D eigenvalue weighted by Crippen LogP contribution is 2.27. The van der Waals surface area contributed by atoms with Crippen molar-refractivity contribution in [3.8, 4) is 17.2 Å². The predicted molar refractivity (Wildman–Crippen MR) is 112 cm³/mol. The molecule has 0 bridgehead atoms. The van der Waals surface area contributed by atoms with E-state index in [1.54, 1.807) is 18.2 Å². The number of carbonyl (C=O) groups is 1. The predicted octanol–water partition coefficient (Wildman–Crippen LogP) is 3.70. The van der Waals surface area contributed by atoms with Gasteiger partial charge in [-0.05, 0) is 78.4 Å². The number of rotatable bonds is 6. The van der Waals surface area contributed by atoms with Gasteiger partial charge in [0.25, 0.3) is 5.91 Å². The fraction of sp³-hybridized carbons (Fsp3) is 0.208. The molecule has 0 spiro atoms. The Morgan fingerprint density at radius 1 is 1.10 bits per heavy atom. The zero-order chi connectivity index (χ0) is 20.8. The highest BCUT2D eigenvalue weighted by Gasteiger charge is 2.12. The molecule has 0 saturated carbocycles. The fourth-order valence-electron chi connectivity index (χ4n) is 3.14. The molecule has 3 rings (SSSR count). The molecular formula is C24H23N3O2. The molecule has 0 atom stereocenters. The normalized spacial score (nSPS) is 10.4. The minimum atomic E-state index is -0.216. The van der Waals surface area contributed by atoms with E-state index in [0.717, 1.165) is 27.9 Å². The third-order valence-electron chi connectivity index (χ3n) is 4.72. The summed E-state index contributed by atoms with van der Waals surface area (Å²) in [6, 6.07) is 17.0. The first-order valence-electron chi connectivity index (χ1n) is 9.46. The monoisotopic (exact) mass is 385 g/mol. The van der Waals surface area contributed by atoms with E-state index in [0.29, 0.717) is 29.7 Å². The molecule has 5 heteroatoms. The summed E-state index contributed by atoms with van der Waals surface area (Å²) in [5.41, 5.74) is 6.11. The Labute approximate surface area is 170 Å². The van der Waals surface area contributed by atoms with E-state index in [1.807, 2.05) is 50.4 Å². The van der Waals surface area contributed by atoms with Gasteiger partial charge in [-0.2, -0.15) is 5.26 Å². The number of aromatic nitrogens is 1. The largest absolute Gasteiger partial charge is 0.392 e. The molecule has 29 heavy (non-hydrogen) atoms. The Kier molecular flexibility index (Phi) is 6.38. The number of benzene rings is 2. The molecule has 2 N–H and O–H groups in total. The van der Waals surface area contributed by atoms with Gasteiger partial charge >= 0.3 is 0 Å². The Hall–Kier alpha value is -3.49. The van der Waals surface area contributed by atoms with E-state index in [4.69, 9.17) is 0 Å². The lowest BCUT2D eigenvalue weighted by Crippen LogP contribution is -2.26. The van der Waals surface area contributed by atoms with E-state index in [1.165, 1.54) is 0 Å². The summed E-state index contributed by atoms with van der Waals surface area (Å²) in [5.74, 6) is -0.216. The molecule has 0 fully saturated rings. The van der Waals surface area contributed by atoms with Crippen molar-refractivity contribution in [3.63, 3.8) is 0 Å². The van der Waals surface area contributed by atoms with Crippen LogP contribution < -0.4 is 5.32 Å². The van der Waals surface area contributed by atoms with Crippen LogP contribution in [0.5, 0.6) is 0 Å². The Morgan fingerprint density at radius 2 is 1.93 bits per heavy atom. The van der Waals surface area contributed by atoms with Gasteiger partial charge in [-0.25, -0.2) is 0 Å². The lowest BCUT2D eigenvalue weighted by Gasteiger charge is -2.11. The highest BCUT2D eigenvalue weighted by molar-refractivity contribution is 5.96. The number of hydrogen-bond acceptors (Lipinski definition) is 4. The van der Waals surface area contributed by atoms with Gasteiger partial charge in [0.1, 0.15) is 0 Å². The third-order valence-corrected chi connectivity index (χ3v) is 4.72. The molecule has 1 aromatic heterocycles. The Balaban J connectivity index is 1.80. The van der Waals surface area contributed by atoms with Gasteiger partial charge < -0.3 is 10.4 Å². The quantitative estimate of drug-likeness (QED) is 0.677. The molecule has 3 aromatic rings. The molecule has 2 aromatic carbocycles. The second-order valence-corrected chi connectivity index (χ2v) is 7.05. The maximum atomic E-state index is 12.7. The van der Waals surface area contributed by atoms with Gasteiger partial charge in [0, 0.05) is 24.0 Å². The van der Waals surface area contributed by atoms with E-state index in [2.05, 4.69) is 16.4 Å². The second-order valence-electron chi connectivity index (χ2n) is 7.05. The lowest BCUT2D eigenvalue weighted by atomic mass is 9.95. The van der Waals surface area contributed by atoms with Crippen LogP contribution in [0.1, 0.15) is 38.3 Å². The van der Waals surface area contributed by atoms with Crippen molar-refractivity contribution in [2.75, 3.05) is 6.54 Å². The summed E-state index contributed by atoms with van der Waals surface area (Å²) in [5, 5.41) is 22.0. The topological polar surface area (TPSA) is 86.0 Å². The van der Waals surface area contributed by atoms with E-state index in [9.17, 15) is 15.2 Å². The maximum Gasteiger partial charge on any atom is 0.251 e. The van der Waals surface area contributed by atoms with Gasteiger partial charge in [-0.1, -0.05) is 18.2 Å². The summed E-state index contributed by atoms with van der Waals surface area (Å²) in [6.45, 7) is 4.16. The number of amides is 1. The minimum absolute atomic E-state index is 0.184. The number of nitrogens with one attached hydrogen (secondary N) is 1. The number of pyridine rings is 1. The van der Waals surface area contributed by atoms with Crippen molar-refractivity contribution >= 4 is 5.91 Å². The zero-order valence-corrected chi connectivity index (χ0v) is 16.6. The summed E-state index contributed by atoms with van der Waals surface area (Å²) in [7, 11) is 0. The number of nitrogens with zero attached hydrogens (tertiary/aromatic N) is 2. The van der Waals surface area contributed by atoms with Crippen LogP contribution in [-0.2, 0) is 13.0 Å². The summed E-state index contributed by atoms with van der Waals surface area (Å²) in [4.78, 5) is 16.9. The van der Waals surface area contributed by atoms with Crippen molar-refractivity contribution in [2.24, 2.45) is 0 Å². The SMILES string of the molecule is Cc1ccc(-c2cc(CO)cc(C(=O)NCCc3ccc(C)nc3)c2)c(C#N)c1. The van der Waals surface area contributed by atoms with Crippen LogP contribution in [0.25, 0.3) is 11.1 Å². The molecule has 0 aliphatic rings. The first-order valence-corrected chi connectivity index (χ1v) is 9.46. The Morgan fingerprint density at radius 3 is 2.62 bits per heavy atom. The van der Waals surface area contributed by atoms with E-state index < -0.39 is 0 Å². The standard InChI is InChI=1S/C24H23N3O2/c1-16-3-6-23(22(9-16)13-25)20-10-19(15-28)11-21(12-20)24(29)26-8-7-18-5-4-17(2)27-14-18/h3-6,9-12,14,28H,7-8,15H2,1-2H3,(H,26,29). The average Bonchev–Trinajstić information content (AvgIpc) is 2.74. The lowest BCUT2D eigenvalue weighted by molar-refractivity contribution is 0.0954. The molecule has 0 saturated heterocycles. The molecule has 0 radical (unpaired) electrons. The molecule has 0 unspecified atom stereocenters. The zero-order valence-electron chi connectivity index (χ0n) is 16.6. The minimum Gasteiger partial charge on any atom is -0.392 e. The first-order chi connectivity index (χ1) is 14.0.